The number of hydrogen-bond donors (Lipinski definition) is 1. The van der Waals surface area contributed by atoms with Crippen LogP contribution in [0.25, 0.3) is 11.1 Å². The molecule has 11 heteroatoms. The van der Waals surface area contributed by atoms with E-state index >= 15 is 0 Å². The zero-order chi connectivity index (χ0) is 19.4. The van der Waals surface area contributed by atoms with Crippen LogP contribution in [0.3, 0.4) is 0 Å². The molecule has 0 saturated carbocycles. The molecule has 0 fully saturated rings. The lowest BCUT2D eigenvalue weighted by atomic mass is 10.2. The van der Waals surface area contributed by atoms with Crippen LogP contribution in [0.4, 0.5) is 10.8 Å². The number of nitro benzene ring substituents is 1. The maximum absolute atomic E-state index is 12.0. The molecule has 1 aromatic carbocycles. The van der Waals surface area contributed by atoms with Crippen LogP contribution in [0, 0.1) is 16.0 Å². The van der Waals surface area contributed by atoms with E-state index in [2.05, 4.69) is 29.4 Å². The van der Waals surface area contributed by atoms with E-state index < -0.39 is 10.7 Å². The summed E-state index contributed by atoms with van der Waals surface area (Å²) in [5.41, 5.74) is 0.722. The quantitative estimate of drug-likeness (QED) is 0.247. The molecule has 0 radical (unpaired) electrons. The van der Waals surface area contributed by atoms with Crippen LogP contribution in [0.1, 0.15) is 20.3 Å². The average Bonchev–Trinajstić information content (AvgIpc) is 3.20. The van der Waals surface area contributed by atoms with E-state index in [9.17, 15) is 14.9 Å². The van der Waals surface area contributed by atoms with E-state index in [1.54, 1.807) is 11.8 Å². The Kier molecular flexibility index (Phi) is 6.11. The van der Waals surface area contributed by atoms with Crippen molar-refractivity contribution in [1.82, 2.24) is 14.8 Å². The number of non-ortho nitro benzene ring substituents is 1. The number of aryl methyl sites for hydroxylation is 1. The molecule has 27 heavy (non-hydrogen) atoms. The highest BCUT2D eigenvalue weighted by molar-refractivity contribution is 8.01. The van der Waals surface area contributed by atoms with Crippen molar-refractivity contribution in [2.24, 2.45) is 5.92 Å². The van der Waals surface area contributed by atoms with E-state index in [4.69, 9.17) is 4.42 Å². The first-order valence-corrected chi connectivity index (χ1v) is 10.2. The van der Waals surface area contributed by atoms with E-state index in [1.807, 2.05) is 0 Å². The van der Waals surface area contributed by atoms with E-state index in [0.29, 0.717) is 30.0 Å². The van der Waals surface area contributed by atoms with E-state index in [1.165, 1.54) is 34.1 Å². The molecular formula is C16H19N5O4S2. The van der Waals surface area contributed by atoms with Gasteiger partial charge in [-0.05, 0) is 18.4 Å². The van der Waals surface area contributed by atoms with Gasteiger partial charge in [0.2, 0.25) is 5.13 Å². The van der Waals surface area contributed by atoms with Crippen molar-refractivity contribution < 1.29 is 9.34 Å². The minimum Gasteiger partial charge on any atom is -0.408 e. The van der Waals surface area contributed by atoms with Crippen molar-refractivity contribution in [1.29, 1.82) is 0 Å². The molecule has 0 aliphatic rings. The van der Waals surface area contributed by atoms with Gasteiger partial charge in [0.05, 0.1) is 10.4 Å². The van der Waals surface area contributed by atoms with Crippen molar-refractivity contribution in [3.63, 3.8) is 0 Å². The van der Waals surface area contributed by atoms with E-state index in [0.717, 1.165) is 21.8 Å². The smallest absolute Gasteiger partial charge is 0.408 e. The predicted molar refractivity (Wildman–Crippen MR) is 106 cm³/mol. The van der Waals surface area contributed by atoms with Crippen LogP contribution in [-0.2, 0) is 6.54 Å². The van der Waals surface area contributed by atoms with Crippen LogP contribution in [-0.4, -0.2) is 32.0 Å². The second-order valence-corrected chi connectivity index (χ2v) is 8.60. The highest BCUT2D eigenvalue weighted by Crippen LogP contribution is 2.26. The fourth-order valence-corrected chi connectivity index (χ4v) is 4.14. The Labute approximate surface area is 162 Å². The summed E-state index contributed by atoms with van der Waals surface area (Å²) in [6.07, 6.45) is 0.691. The molecule has 0 aliphatic heterocycles. The highest BCUT2D eigenvalue weighted by atomic mass is 32.2. The first kappa shape index (κ1) is 19.4. The van der Waals surface area contributed by atoms with Crippen LogP contribution >= 0.6 is 23.1 Å². The molecule has 0 saturated heterocycles. The van der Waals surface area contributed by atoms with Gasteiger partial charge in [0.25, 0.3) is 5.69 Å². The zero-order valence-electron chi connectivity index (χ0n) is 14.9. The first-order valence-electron chi connectivity index (χ1n) is 8.42. The topological polar surface area (TPSA) is 116 Å². The summed E-state index contributed by atoms with van der Waals surface area (Å²) < 4.78 is 7.44. The number of oxazole rings is 1. The highest BCUT2D eigenvalue weighted by Gasteiger charge is 2.14. The number of benzene rings is 1. The molecule has 0 aliphatic carbocycles. The first-order chi connectivity index (χ1) is 12.9. The molecule has 9 nitrogen and oxygen atoms in total. The normalized spacial score (nSPS) is 11.4. The van der Waals surface area contributed by atoms with Crippen LogP contribution in [0.2, 0.25) is 0 Å². The monoisotopic (exact) mass is 409 g/mol. The molecule has 0 spiro atoms. The third kappa shape index (κ3) is 4.86. The fourth-order valence-electron chi connectivity index (χ4n) is 2.39. The Balaban J connectivity index is 1.58. The number of anilines is 1. The minimum absolute atomic E-state index is 0.0679. The Hall–Kier alpha value is -2.40. The second-order valence-electron chi connectivity index (χ2n) is 6.28. The van der Waals surface area contributed by atoms with Crippen LogP contribution in [0.5, 0.6) is 0 Å². The summed E-state index contributed by atoms with van der Waals surface area (Å²) in [7, 11) is 0. The number of aromatic nitrogens is 3. The molecule has 0 bridgehead atoms. The fraction of sp³-hybridized carbons (Fsp3) is 0.438. The minimum atomic E-state index is -0.508. The number of nitrogens with zero attached hydrogens (tertiary/aromatic N) is 4. The van der Waals surface area contributed by atoms with Crippen molar-refractivity contribution in [2.45, 2.75) is 31.2 Å². The van der Waals surface area contributed by atoms with Gasteiger partial charge < -0.3 is 9.73 Å². The Morgan fingerprint density at radius 2 is 2.22 bits per heavy atom. The largest absolute Gasteiger partial charge is 0.419 e. The predicted octanol–water partition coefficient (Wildman–Crippen LogP) is 3.60. The number of hydrogen-bond acceptors (Lipinski definition) is 9. The maximum Gasteiger partial charge on any atom is 0.419 e. The summed E-state index contributed by atoms with van der Waals surface area (Å²) >= 11 is 3.07. The van der Waals surface area contributed by atoms with Gasteiger partial charge in [0.15, 0.2) is 9.92 Å². The van der Waals surface area contributed by atoms with Crippen molar-refractivity contribution in [3.05, 3.63) is 38.9 Å². The lowest BCUT2D eigenvalue weighted by Gasteiger charge is -2.03. The van der Waals surface area contributed by atoms with Crippen molar-refractivity contribution in [3.8, 4) is 0 Å². The summed E-state index contributed by atoms with van der Waals surface area (Å²) in [5.74, 6) is 0.767. The SMILES string of the molecule is CC(C)CNc1nnc(SCCCn2c(=O)oc3ccc([N+](=O)[O-])cc32)s1. The van der Waals surface area contributed by atoms with Gasteiger partial charge in [-0.2, -0.15) is 0 Å². The van der Waals surface area contributed by atoms with Gasteiger partial charge >= 0.3 is 5.76 Å². The van der Waals surface area contributed by atoms with Crippen LogP contribution in [0.15, 0.2) is 31.8 Å². The standard InChI is InChI=1S/C16H19N5O4S2/c1-10(2)9-17-14-18-19-15(27-14)26-7-3-6-20-12-8-11(21(23)24)4-5-13(12)25-16(20)22/h4-5,8,10H,3,6-7,9H2,1-2H3,(H,17,18). The Morgan fingerprint density at radius 1 is 1.41 bits per heavy atom. The maximum atomic E-state index is 12.0. The van der Waals surface area contributed by atoms with Crippen LogP contribution < -0.4 is 11.1 Å². The average molecular weight is 409 g/mol. The van der Waals surface area contributed by atoms with Gasteiger partial charge in [-0.3, -0.25) is 14.7 Å². The third-order valence-corrected chi connectivity index (χ3v) is 5.78. The molecular weight excluding hydrogens is 390 g/mol. The summed E-state index contributed by atoms with van der Waals surface area (Å²) in [5, 5.41) is 23.2. The molecule has 144 valence electrons. The summed E-state index contributed by atoms with van der Waals surface area (Å²) in [6, 6.07) is 4.14. The molecule has 0 unspecified atom stereocenters. The molecule has 2 aromatic heterocycles. The van der Waals surface area contributed by atoms with E-state index in [-0.39, 0.29) is 5.69 Å². The van der Waals surface area contributed by atoms with Gasteiger partial charge in [-0.1, -0.05) is 36.9 Å². The second kappa shape index (κ2) is 8.53. The Bertz CT molecular complexity index is 994. The van der Waals surface area contributed by atoms with Gasteiger partial charge in [0, 0.05) is 31.0 Å². The number of nitro groups is 1. The molecule has 3 aromatic rings. The summed E-state index contributed by atoms with van der Waals surface area (Å²) in [4.78, 5) is 22.4. The van der Waals surface area contributed by atoms with Gasteiger partial charge in [-0.25, -0.2) is 4.79 Å². The molecule has 2 heterocycles. The molecule has 0 amide bonds. The third-order valence-electron chi connectivity index (χ3n) is 3.68. The number of thioether (sulfide) groups is 1. The molecule has 3 rings (SSSR count). The number of rotatable bonds is 9. The van der Waals surface area contributed by atoms with Crippen molar-refractivity contribution >= 4 is 45.0 Å². The number of nitrogens with one attached hydrogen (secondary N) is 1. The summed E-state index contributed by atoms with van der Waals surface area (Å²) in [6.45, 7) is 5.51. The van der Waals surface area contributed by atoms with Gasteiger partial charge in [0.1, 0.15) is 0 Å². The lowest BCUT2D eigenvalue weighted by Crippen LogP contribution is -2.14. The lowest BCUT2D eigenvalue weighted by molar-refractivity contribution is -0.384. The number of fused-ring (bicyclic) bond motifs is 1. The van der Waals surface area contributed by atoms with Crippen molar-refractivity contribution in [2.75, 3.05) is 17.6 Å². The molecule has 0 atom stereocenters. The zero-order valence-corrected chi connectivity index (χ0v) is 16.5. The Morgan fingerprint density at radius 3 is 2.96 bits per heavy atom. The van der Waals surface area contributed by atoms with Gasteiger partial charge in [-0.15, -0.1) is 10.2 Å². The molecule has 1 N–H and O–H groups in total.